The maximum Gasteiger partial charge on any atom is 0.343 e. The molecular formula is C22H25N5O5S. The van der Waals surface area contributed by atoms with Crippen LogP contribution in [0.5, 0.6) is 0 Å². The van der Waals surface area contributed by atoms with Gasteiger partial charge in [0.15, 0.2) is 5.82 Å². The van der Waals surface area contributed by atoms with Gasteiger partial charge in [-0.25, -0.2) is 9.79 Å². The molecule has 0 saturated carbocycles. The number of nitrogens with zero attached hydrogens (tertiary/aromatic N) is 2. The fourth-order valence-corrected chi connectivity index (χ4v) is 3.62. The number of hydrogen-bond donors (Lipinski definition) is 3. The highest BCUT2D eigenvalue weighted by molar-refractivity contribution is 8.01. The van der Waals surface area contributed by atoms with Gasteiger partial charge in [-0.05, 0) is 39.8 Å². The van der Waals surface area contributed by atoms with E-state index in [1.165, 1.54) is 0 Å². The highest BCUT2D eigenvalue weighted by Crippen LogP contribution is 2.30. The molecule has 1 atom stereocenters. The van der Waals surface area contributed by atoms with Crippen LogP contribution in [0.2, 0.25) is 0 Å². The number of carbonyl (C=O) groups excluding carboxylic acids is 3. The van der Waals surface area contributed by atoms with Crippen molar-refractivity contribution < 1.29 is 23.6 Å². The second kappa shape index (κ2) is 10.8. The summed E-state index contributed by atoms with van der Waals surface area (Å²) >= 11 is 1.13. The Morgan fingerprint density at radius 2 is 1.97 bits per heavy atom. The minimum absolute atomic E-state index is 0.0321. The molecule has 0 aliphatic carbocycles. The van der Waals surface area contributed by atoms with E-state index in [4.69, 9.17) is 9.26 Å². The van der Waals surface area contributed by atoms with Crippen molar-refractivity contribution in [1.82, 2.24) is 10.5 Å². The Balaban J connectivity index is 1.70. The number of esters is 1. The Hall–Kier alpha value is -3.60. The SMILES string of the molecule is CCOC(=O)C1=C(C)Nc2ccccc2N=C1NC(=O)CSC(C)C(=O)Nc1cc(C)on1. The molecule has 1 aromatic carbocycles. The largest absolute Gasteiger partial charge is 0.462 e. The van der Waals surface area contributed by atoms with Crippen LogP contribution >= 0.6 is 11.8 Å². The molecule has 2 amide bonds. The zero-order valence-electron chi connectivity index (χ0n) is 18.7. The van der Waals surface area contributed by atoms with Crippen LogP contribution in [-0.4, -0.2) is 46.4 Å². The molecule has 3 N–H and O–H groups in total. The third kappa shape index (κ3) is 6.22. The molecule has 0 spiro atoms. The van der Waals surface area contributed by atoms with E-state index < -0.39 is 17.1 Å². The highest BCUT2D eigenvalue weighted by atomic mass is 32.2. The van der Waals surface area contributed by atoms with E-state index in [0.717, 1.165) is 11.8 Å². The van der Waals surface area contributed by atoms with Crippen molar-refractivity contribution in [2.75, 3.05) is 23.0 Å². The number of amides is 2. The first-order chi connectivity index (χ1) is 15.8. The molecule has 2 heterocycles. The summed E-state index contributed by atoms with van der Waals surface area (Å²) in [6, 6.07) is 8.83. The quantitative estimate of drug-likeness (QED) is 0.524. The first-order valence-corrected chi connectivity index (χ1v) is 11.3. The van der Waals surface area contributed by atoms with Crippen LogP contribution in [0, 0.1) is 6.92 Å². The van der Waals surface area contributed by atoms with E-state index in [2.05, 4.69) is 26.1 Å². The number of hydrogen-bond acceptors (Lipinski definition) is 9. The summed E-state index contributed by atoms with van der Waals surface area (Å²) < 4.78 is 10.1. The minimum atomic E-state index is -0.599. The van der Waals surface area contributed by atoms with E-state index in [9.17, 15) is 14.4 Å². The summed E-state index contributed by atoms with van der Waals surface area (Å²) in [6.45, 7) is 6.99. The average molecular weight is 472 g/mol. The van der Waals surface area contributed by atoms with Crippen molar-refractivity contribution in [3.8, 4) is 0 Å². The van der Waals surface area contributed by atoms with Crippen LogP contribution in [-0.2, 0) is 19.1 Å². The number of anilines is 2. The number of para-hydroxylation sites is 2. The number of amidine groups is 1. The van der Waals surface area contributed by atoms with E-state index in [0.29, 0.717) is 28.6 Å². The second-order valence-electron chi connectivity index (χ2n) is 7.14. The van der Waals surface area contributed by atoms with Gasteiger partial charge in [-0.3, -0.25) is 9.59 Å². The van der Waals surface area contributed by atoms with Crippen molar-refractivity contribution in [3.05, 3.63) is 47.4 Å². The number of ether oxygens (including phenoxy) is 1. The van der Waals surface area contributed by atoms with Crippen molar-refractivity contribution in [3.63, 3.8) is 0 Å². The van der Waals surface area contributed by atoms with E-state index in [1.807, 2.05) is 12.1 Å². The summed E-state index contributed by atoms with van der Waals surface area (Å²) in [4.78, 5) is 42.1. The van der Waals surface area contributed by atoms with Gasteiger partial charge in [0.1, 0.15) is 17.2 Å². The summed E-state index contributed by atoms with van der Waals surface area (Å²) in [7, 11) is 0. The Bertz CT molecular complexity index is 1120. The standard InChI is InChI=1S/C22H25N5O5S/c1-5-31-22(30)19-13(3)23-15-8-6-7-9-16(15)24-20(19)26-18(28)11-33-14(4)21(29)25-17-10-12(2)32-27-17/h6-10,14,23H,5,11H2,1-4H3,(H,24,26,28)(H,25,27,29). The number of aliphatic imine (C=N–C) groups is 1. The summed E-state index contributed by atoms with van der Waals surface area (Å²) in [5, 5.41) is 11.7. The van der Waals surface area contributed by atoms with Crippen molar-refractivity contribution in [2.45, 2.75) is 32.9 Å². The molecule has 33 heavy (non-hydrogen) atoms. The highest BCUT2D eigenvalue weighted by Gasteiger charge is 2.26. The molecule has 3 rings (SSSR count). The molecule has 10 nitrogen and oxygen atoms in total. The fourth-order valence-electron chi connectivity index (χ4n) is 2.94. The number of rotatable bonds is 7. The van der Waals surface area contributed by atoms with Crippen molar-refractivity contribution >= 4 is 52.6 Å². The molecule has 0 fully saturated rings. The number of benzene rings is 1. The smallest absolute Gasteiger partial charge is 0.343 e. The Labute approximate surface area is 195 Å². The molecule has 0 radical (unpaired) electrons. The lowest BCUT2D eigenvalue weighted by molar-refractivity contribution is -0.137. The Morgan fingerprint density at radius 3 is 2.67 bits per heavy atom. The van der Waals surface area contributed by atoms with Gasteiger partial charge in [-0.15, -0.1) is 11.8 Å². The normalized spacial score (nSPS) is 13.8. The van der Waals surface area contributed by atoms with Gasteiger partial charge in [0.2, 0.25) is 11.8 Å². The monoisotopic (exact) mass is 471 g/mol. The minimum Gasteiger partial charge on any atom is -0.462 e. The van der Waals surface area contributed by atoms with Gasteiger partial charge in [-0.1, -0.05) is 17.3 Å². The second-order valence-corrected chi connectivity index (χ2v) is 8.47. The maximum absolute atomic E-state index is 12.7. The lowest BCUT2D eigenvalue weighted by atomic mass is 10.2. The van der Waals surface area contributed by atoms with Crippen LogP contribution < -0.4 is 16.0 Å². The third-order valence-electron chi connectivity index (χ3n) is 4.52. The van der Waals surface area contributed by atoms with Gasteiger partial charge in [0.05, 0.1) is 29.0 Å². The lowest BCUT2D eigenvalue weighted by Crippen LogP contribution is -2.37. The van der Waals surface area contributed by atoms with Gasteiger partial charge in [-0.2, -0.15) is 0 Å². The number of nitrogens with one attached hydrogen (secondary N) is 3. The van der Waals surface area contributed by atoms with Gasteiger partial charge < -0.3 is 25.2 Å². The summed E-state index contributed by atoms with van der Waals surface area (Å²) in [5.41, 5.74) is 1.90. The van der Waals surface area contributed by atoms with E-state index >= 15 is 0 Å². The molecule has 1 aromatic heterocycles. The van der Waals surface area contributed by atoms with Crippen molar-refractivity contribution in [2.24, 2.45) is 4.99 Å². The lowest BCUT2D eigenvalue weighted by Gasteiger charge is -2.14. The first kappa shape index (κ1) is 24.1. The number of aromatic nitrogens is 1. The molecule has 174 valence electrons. The molecule has 0 bridgehead atoms. The molecule has 2 aromatic rings. The molecule has 1 aliphatic rings. The molecule has 1 unspecified atom stereocenters. The predicted octanol–water partition coefficient (Wildman–Crippen LogP) is 3.15. The number of allylic oxidation sites excluding steroid dienone is 1. The van der Waals surface area contributed by atoms with Crippen LogP contribution in [0.25, 0.3) is 0 Å². The predicted molar refractivity (Wildman–Crippen MR) is 126 cm³/mol. The summed E-state index contributed by atoms with van der Waals surface area (Å²) in [6.07, 6.45) is 0. The Kier molecular flexibility index (Phi) is 7.88. The molecular weight excluding hydrogens is 446 g/mol. The number of aryl methyl sites for hydroxylation is 1. The maximum atomic E-state index is 12.7. The van der Waals surface area contributed by atoms with Crippen LogP contribution in [0.1, 0.15) is 26.5 Å². The van der Waals surface area contributed by atoms with E-state index in [-0.39, 0.29) is 29.7 Å². The first-order valence-electron chi connectivity index (χ1n) is 10.3. The summed E-state index contributed by atoms with van der Waals surface area (Å²) in [5.74, 6) is -0.380. The number of thioether (sulfide) groups is 1. The van der Waals surface area contributed by atoms with Gasteiger partial charge in [0, 0.05) is 11.8 Å². The van der Waals surface area contributed by atoms with Gasteiger partial charge >= 0.3 is 5.97 Å². The van der Waals surface area contributed by atoms with Crippen molar-refractivity contribution in [1.29, 1.82) is 0 Å². The zero-order valence-corrected chi connectivity index (χ0v) is 19.5. The van der Waals surface area contributed by atoms with Crippen LogP contribution in [0.3, 0.4) is 0 Å². The molecule has 0 saturated heterocycles. The topological polar surface area (TPSA) is 135 Å². The average Bonchev–Trinajstić information content (AvgIpc) is 3.11. The molecule has 1 aliphatic heterocycles. The Morgan fingerprint density at radius 1 is 1.21 bits per heavy atom. The third-order valence-corrected chi connectivity index (χ3v) is 5.66. The fraction of sp³-hybridized carbons (Fsp3) is 0.318. The number of fused-ring (bicyclic) bond motifs is 1. The number of carbonyl (C=O) groups is 3. The molecule has 11 heteroatoms. The van der Waals surface area contributed by atoms with Crippen LogP contribution in [0.4, 0.5) is 17.2 Å². The van der Waals surface area contributed by atoms with E-state index in [1.54, 1.807) is 45.9 Å². The van der Waals surface area contributed by atoms with Gasteiger partial charge in [0.25, 0.3) is 0 Å². The zero-order chi connectivity index (χ0) is 24.0. The van der Waals surface area contributed by atoms with Crippen LogP contribution in [0.15, 0.2) is 51.1 Å².